The molecule has 4 aromatic rings. The van der Waals surface area contributed by atoms with Crippen LogP contribution < -0.4 is 10.1 Å². The van der Waals surface area contributed by atoms with Gasteiger partial charge in [-0.05, 0) is 30.3 Å². The Balaban J connectivity index is 1.57. The zero-order valence-corrected chi connectivity index (χ0v) is 16.1. The van der Waals surface area contributed by atoms with Gasteiger partial charge in [-0.3, -0.25) is 4.79 Å². The molecule has 0 aliphatic heterocycles. The van der Waals surface area contributed by atoms with E-state index in [1.165, 1.54) is 29.0 Å². The highest BCUT2D eigenvalue weighted by atomic mass is 19.1. The first-order valence-corrected chi connectivity index (χ1v) is 9.34. The number of pyridine rings is 1. The third-order valence-corrected chi connectivity index (χ3v) is 4.37. The molecule has 1 amide bonds. The van der Waals surface area contributed by atoms with E-state index >= 15 is 0 Å². The Morgan fingerprint density at radius 1 is 1.19 bits per heavy atom. The number of aliphatic hydroxyl groups is 2. The van der Waals surface area contributed by atoms with Crippen molar-refractivity contribution in [1.82, 2.24) is 19.6 Å². The van der Waals surface area contributed by atoms with E-state index in [-0.39, 0.29) is 18.2 Å². The minimum Gasteiger partial charge on any atom is -0.475 e. The van der Waals surface area contributed by atoms with E-state index in [0.29, 0.717) is 22.6 Å². The number of ether oxygens (including phenoxy) is 1. The van der Waals surface area contributed by atoms with E-state index in [0.717, 1.165) is 0 Å². The standard InChI is InChI=1S/C21H18FN5O4/c22-16-4-2-1-3-15(16)17-5-6-19-24-10-18(27(19)26-17)21(30)25-13-7-8-23-20(9-13)31-12-14(29)11-28/h1-10,14,28-29H,11-12H2,(H,23,25,30). The summed E-state index contributed by atoms with van der Waals surface area (Å²) >= 11 is 0. The van der Waals surface area contributed by atoms with Gasteiger partial charge in [-0.25, -0.2) is 18.9 Å². The number of aromatic nitrogens is 4. The lowest BCUT2D eigenvalue weighted by Crippen LogP contribution is -2.21. The molecule has 10 heteroatoms. The number of nitrogens with one attached hydrogen (secondary N) is 1. The Morgan fingerprint density at radius 3 is 2.84 bits per heavy atom. The fraction of sp³-hybridized carbons (Fsp3) is 0.143. The van der Waals surface area contributed by atoms with Crippen LogP contribution in [0, 0.1) is 5.82 Å². The lowest BCUT2D eigenvalue weighted by atomic mass is 10.1. The monoisotopic (exact) mass is 423 g/mol. The number of amides is 1. The Labute approximate surface area is 175 Å². The maximum absolute atomic E-state index is 14.1. The van der Waals surface area contributed by atoms with Crippen LogP contribution in [0.15, 0.2) is 60.9 Å². The smallest absolute Gasteiger partial charge is 0.276 e. The number of rotatable bonds is 7. The number of halogens is 1. The topological polar surface area (TPSA) is 122 Å². The first-order valence-electron chi connectivity index (χ1n) is 9.34. The van der Waals surface area contributed by atoms with Gasteiger partial charge in [-0.1, -0.05) is 12.1 Å². The normalized spacial score (nSPS) is 12.0. The van der Waals surface area contributed by atoms with Crippen molar-refractivity contribution in [1.29, 1.82) is 0 Å². The van der Waals surface area contributed by atoms with Crippen molar-refractivity contribution in [2.75, 3.05) is 18.5 Å². The second kappa shape index (κ2) is 8.86. The fourth-order valence-corrected chi connectivity index (χ4v) is 2.84. The Morgan fingerprint density at radius 2 is 2.03 bits per heavy atom. The molecular weight excluding hydrogens is 405 g/mol. The van der Waals surface area contributed by atoms with E-state index in [1.54, 1.807) is 36.4 Å². The van der Waals surface area contributed by atoms with E-state index in [4.69, 9.17) is 9.84 Å². The second-order valence-corrected chi connectivity index (χ2v) is 6.60. The molecule has 0 aliphatic carbocycles. The number of fused-ring (bicyclic) bond motifs is 1. The third kappa shape index (κ3) is 4.49. The van der Waals surface area contributed by atoms with Gasteiger partial charge in [0, 0.05) is 23.5 Å². The summed E-state index contributed by atoms with van der Waals surface area (Å²) in [5.41, 5.74) is 1.66. The van der Waals surface area contributed by atoms with Crippen molar-refractivity contribution in [3.63, 3.8) is 0 Å². The number of hydrogen-bond acceptors (Lipinski definition) is 7. The van der Waals surface area contributed by atoms with Gasteiger partial charge in [0.2, 0.25) is 5.88 Å². The molecule has 0 fully saturated rings. The van der Waals surface area contributed by atoms with Crippen LogP contribution in [0.2, 0.25) is 0 Å². The fourth-order valence-electron chi connectivity index (χ4n) is 2.84. The number of carbonyl (C=O) groups excluding carboxylic acids is 1. The van der Waals surface area contributed by atoms with Gasteiger partial charge in [0.05, 0.1) is 18.5 Å². The molecule has 0 bridgehead atoms. The number of anilines is 1. The summed E-state index contributed by atoms with van der Waals surface area (Å²) in [5.74, 6) is -0.738. The number of imidazole rings is 1. The predicted molar refractivity (Wildman–Crippen MR) is 109 cm³/mol. The SMILES string of the molecule is O=C(Nc1ccnc(OCC(O)CO)c1)c1cnc2ccc(-c3ccccc3F)nn12. The van der Waals surface area contributed by atoms with Crippen LogP contribution in [0.4, 0.5) is 10.1 Å². The van der Waals surface area contributed by atoms with Gasteiger partial charge in [0.25, 0.3) is 5.91 Å². The lowest BCUT2D eigenvalue weighted by Gasteiger charge is -2.10. The third-order valence-electron chi connectivity index (χ3n) is 4.37. The lowest BCUT2D eigenvalue weighted by molar-refractivity contribution is 0.0521. The Kier molecular flexibility index (Phi) is 5.83. The van der Waals surface area contributed by atoms with Crippen LogP contribution in [-0.4, -0.2) is 55.0 Å². The number of hydrogen-bond donors (Lipinski definition) is 3. The molecule has 31 heavy (non-hydrogen) atoms. The molecule has 1 aromatic carbocycles. The largest absolute Gasteiger partial charge is 0.475 e. The molecule has 1 atom stereocenters. The first kappa shape index (κ1) is 20.4. The highest BCUT2D eigenvalue weighted by Crippen LogP contribution is 2.21. The van der Waals surface area contributed by atoms with E-state index in [9.17, 15) is 14.3 Å². The van der Waals surface area contributed by atoms with Gasteiger partial charge in [0.1, 0.15) is 18.5 Å². The van der Waals surface area contributed by atoms with Crippen LogP contribution in [0.5, 0.6) is 5.88 Å². The summed E-state index contributed by atoms with van der Waals surface area (Å²) in [6.45, 7) is -0.580. The highest BCUT2D eigenvalue weighted by molar-refractivity contribution is 6.03. The van der Waals surface area contributed by atoms with Crippen LogP contribution in [-0.2, 0) is 0 Å². The molecule has 1 unspecified atom stereocenters. The summed E-state index contributed by atoms with van der Waals surface area (Å²) in [6, 6.07) is 12.6. The number of carbonyl (C=O) groups is 1. The van der Waals surface area contributed by atoms with Crippen LogP contribution in [0.3, 0.4) is 0 Å². The van der Waals surface area contributed by atoms with Crippen molar-refractivity contribution >= 4 is 17.2 Å². The average Bonchev–Trinajstić information content (AvgIpc) is 3.21. The summed E-state index contributed by atoms with van der Waals surface area (Å²) in [5, 5.41) is 25.3. The molecule has 3 N–H and O–H groups in total. The molecule has 158 valence electrons. The van der Waals surface area contributed by atoms with Crippen molar-refractivity contribution in [2.45, 2.75) is 6.10 Å². The van der Waals surface area contributed by atoms with Gasteiger partial charge in [0.15, 0.2) is 11.3 Å². The molecule has 0 radical (unpaired) electrons. The quantitative estimate of drug-likeness (QED) is 0.415. The van der Waals surface area contributed by atoms with Crippen molar-refractivity contribution in [3.05, 3.63) is 72.4 Å². The van der Waals surface area contributed by atoms with Crippen molar-refractivity contribution in [3.8, 4) is 17.1 Å². The minimum absolute atomic E-state index is 0.142. The second-order valence-electron chi connectivity index (χ2n) is 6.60. The predicted octanol–water partition coefficient (Wildman–Crippen LogP) is 1.91. The maximum atomic E-state index is 14.1. The number of nitrogens with zero attached hydrogens (tertiary/aromatic N) is 4. The zero-order chi connectivity index (χ0) is 21.8. The van der Waals surface area contributed by atoms with Crippen LogP contribution >= 0.6 is 0 Å². The Bertz CT molecular complexity index is 1230. The first-order chi connectivity index (χ1) is 15.0. The maximum Gasteiger partial charge on any atom is 0.276 e. The Hall–Kier alpha value is -3.89. The number of benzene rings is 1. The molecular formula is C21H18FN5O4. The molecule has 9 nitrogen and oxygen atoms in total. The molecule has 4 rings (SSSR count). The summed E-state index contributed by atoms with van der Waals surface area (Å²) in [4.78, 5) is 21.0. The van der Waals surface area contributed by atoms with Crippen LogP contribution in [0.25, 0.3) is 16.9 Å². The van der Waals surface area contributed by atoms with Crippen molar-refractivity contribution < 1.29 is 24.1 Å². The molecule has 3 heterocycles. The average molecular weight is 423 g/mol. The molecule has 3 aromatic heterocycles. The molecule has 0 spiro atoms. The summed E-state index contributed by atoms with van der Waals surface area (Å²) in [7, 11) is 0. The number of aliphatic hydroxyl groups excluding tert-OH is 2. The van der Waals surface area contributed by atoms with Crippen LogP contribution in [0.1, 0.15) is 10.5 Å². The summed E-state index contributed by atoms with van der Waals surface area (Å²) < 4.78 is 20.8. The molecule has 0 saturated heterocycles. The molecule has 0 saturated carbocycles. The van der Waals surface area contributed by atoms with Gasteiger partial charge >= 0.3 is 0 Å². The highest BCUT2D eigenvalue weighted by Gasteiger charge is 2.16. The van der Waals surface area contributed by atoms with Gasteiger partial charge in [-0.2, -0.15) is 5.10 Å². The van der Waals surface area contributed by atoms with E-state index in [2.05, 4.69) is 20.4 Å². The molecule has 0 aliphatic rings. The van der Waals surface area contributed by atoms with E-state index < -0.39 is 24.4 Å². The zero-order valence-electron chi connectivity index (χ0n) is 16.1. The minimum atomic E-state index is -1.03. The van der Waals surface area contributed by atoms with Gasteiger partial charge < -0.3 is 20.3 Å². The van der Waals surface area contributed by atoms with Gasteiger partial charge in [-0.15, -0.1) is 0 Å². The summed E-state index contributed by atoms with van der Waals surface area (Å²) in [6.07, 6.45) is 1.77. The van der Waals surface area contributed by atoms with Crippen molar-refractivity contribution in [2.24, 2.45) is 0 Å². The van der Waals surface area contributed by atoms with E-state index in [1.807, 2.05) is 0 Å².